The summed E-state index contributed by atoms with van der Waals surface area (Å²) in [5, 5.41) is 8.66. The number of nitrogens with zero attached hydrogens (tertiary/aromatic N) is 2. The lowest BCUT2D eigenvalue weighted by Crippen LogP contribution is -2.50. The minimum Gasteiger partial charge on any atom is -0.380 e. The van der Waals surface area contributed by atoms with Gasteiger partial charge in [0.25, 0.3) is 0 Å². The van der Waals surface area contributed by atoms with Gasteiger partial charge in [0.2, 0.25) is 15.9 Å². The number of amides is 1. The van der Waals surface area contributed by atoms with Crippen molar-refractivity contribution in [3.63, 3.8) is 0 Å². The maximum atomic E-state index is 13.8. The number of nitrogens with one attached hydrogen (secondary N) is 3. The number of allylic oxidation sites excluding steroid dienone is 1. The number of sulfonamides is 1. The Morgan fingerprint density at radius 1 is 1.07 bits per heavy atom. The third-order valence-corrected chi connectivity index (χ3v) is 9.12. The topological polar surface area (TPSA) is 120 Å². The van der Waals surface area contributed by atoms with E-state index in [0.717, 1.165) is 23.5 Å². The first-order valence-corrected chi connectivity index (χ1v) is 14.4. The molecule has 0 saturated carbocycles. The predicted molar refractivity (Wildman–Crippen MR) is 148 cm³/mol. The lowest BCUT2D eigenvalue weighted by molar-refractivity contribution is -0.137. The fraction of sp³-hybridized carbons (Fsp3) is 0.370. The molecule has 0 atom stereocenters. The highest BCUT2D eigenvalue weighted by Crippen LogP contribution is 2.30. The van der Waals surface area contributed by atoms with Crippen LogP contribution < -0.4 is 26.6 Å². The van der Waals surface area contributed by atoms with Gasteiger partial charge in [-0.15, -0.1) is 0 Å². The maximum absolute atomic E-state index is 13.8. The van der Waals surface area contributed by atoms with Crippen LogP contribution in [0.1, 0.15) is 25.0 Å². The quantitative estimate of drug-likeness (QED) is 0.329. The average Bonchev–Trinajstić information content (AvgIpc) is 2.91. The van der Waals surface area contributed by atoms with E-state index in [4.69, 9.17) is 5.73 Å². The second kappa shape index (κ2) is 12.0. The van der Waals surface area contributed by atoms with E-state index in [9.17, 15) is 30.8 Å². The van der Waals surface area contributed by atoms with Crippen molar-refractivity contribution in [3.05, 3.63) is 82.6 Å². The first-order chi connectivity index (χ1) is 19.2. The number of alkyl halides is 3. The molecule has 2 aromatic carbocycles. The predicted octanol–water partition coefficient (Wildman–Crippen LogP) is 3.09. The largest absolute Gasteiger partial charge is 0.416 e. The van der Waals surface area contributed by atoms with Crippen LogP contribution in [0.2, 0.25) is 0 Å². The van der Waals surface area contributed by atoms with Gasteiger partial charge >= 0.3 is 6.18 Å². The van der Waals surface area contributed by atoms with Crippen molar-refractivity contribution in [1.29, 1.82) is 0 Å². The van der Waals surface area contributed by atoms with Crippen LogP contribution in [0.15, 0.2) is 65.6 Å². The summed E-state index contributed by atoms with van der Waals surface area (Å²) in [4.78, 5) is 14.1. The van der Waals surface area contributed by atoms with Crippen molar-refractivity contribution in [3.8, 4) is 0 Å². The molecule has 1 amide bonds. The monoisotopic (exact) mass is 596 g/mol. The number of benzene rings is 2. The fourth-order valence-electron chi connectivity index (χ4n) is 4.54. The number of anilines is 2. The molecule has 222 valence electrons. The van der Waals surface area contributed by atoms with Crippen molar-refractivity contribution in [2.24, 2.45) is 5.73 Å². The highest BCUT2D eigenvalue weighted by molar-refractivity contribution is 7.89. The first-order valence-electron chi connectivity index (χ1n) is 12.9. The number of nitrogens with two attached hydrogens (primary N) is 1. The number of hydrogen-bond donors (Lipinski definition) is 4. The van der Waals surface area contributed by atoms with Crippen LogP contribution in [-0.4, -0.2) is 56.6 Å². The number of primary amides is 1. The van der Waals surface area contributed by atoms with E-state index < -0.39 is 38.7 Å². The van der Waals surface area contributed by atoms with Crippen LogP contribution in [0.4, 0.5) is 28.9 Å². The maximum Gasteiger partial charge on any atom is 0.416 e. The van der Waals surface area contributed by atoms with Gasteiger partial charge in [0, 0.05) is 62.4 Å². The minimum absolute atomic E-state index is 0.0494. The van der Waals surface area contributed by atoms with Gasteiger partial charge in [0.1, 0.15) is 11.6 Å². The van der Waals surface area contributed by atoms with Gasteiger partial charge in [0.15, 0.2) is 0 Å². The summed E-state index contributed by atoms with van der Waals surface area (Å²) >= 11 is 0. The summed E-state index contributed by atoms with van der Waals surface area (Å²) in [6.45, 7) is 5.19. The van der Waals surface area contributed by atoms with Gasteiger partial charge in [-0.1, -0.05) is 0 Å². The SMILES string of the molecule is CC(C)S(=O)(=O)N1CCN(c2ccc(NC3=CC(NCc4cc(F)cc(C(F)(F)F)c4)=C(C(N)=O)CN3)cc2)CC1. The van der Waals surface area contributed by atoms with E-state index in [1.54, 1.807) is 19.9 Å². The number of carbonyl (C=O) groups is 1. The van der Waals surface area contributed by atoms with E-state index >= 15 is 0 Å². The van der Waals surface area contributed by atoms with Gasteiger partial charge in [-0.05, 0) is 61.9 Å². The highest BCUT2D eigenvalue weighted by atomic mass is 32.2. The molecule has 0 bridgehead atoms. The molecule has 5 N–H and O–H groups in total. The third-order valence-electron chi connectivity index (χ3n) is 6.84. The number of piperazine rings is 1. The second-order valence-electron chi connectivity index (χ2n) is 10.0. The van der Waals surface area contributed by atoms with E-state index in [1.807, 2.05) is 24.3 Å². The van der Waals surface area contributed by atoms with Crippen molar-refractivity contribution < 1.29 is 30.8 Å². The molecule has 9 nitrogen and oxygen atoms in total. The zero-order valence-corrected chi connectivity index (χ0v) is 23.4. The molecule has 0 radical (unpaired) electrons. The summed E-state index contributed by atoms with van der Waals surface area (Å²) in [5.41, 5.74) is 6.58. The number of halogens is 4. The molecule has 0 spiro atoms. The number of rotatable bonds is 9. The van der Waals surface area contributed by atoms with Crippen molar-refractivity contribution >= 4 is 27.3 Å². The zero-order chi connectivity index (χ0) is 29.9. The van der Waals surface area contributed by atoms with E-state index in [-0.39, 0.29) is 24.2 Å². The molecule has 2 aliphatic rings. The van der Waals surface area contributed by atoms with Gasteiger partial charge in [0.05, 0.1) is 16.4 Å². The van der Waals surface area contributed by atoms with Crippen LogP contribution in [0, 0.1) is 5.82 Å². The van der Waals surface area contributed by atoms with Gasteiger partial charge in [-0.2, -0.15) is 17.5 Å². The molecule has 0 aliphatic carbocycles. The Hall–Kier alpha value is -3.78. The lowest BCUT2D eigenvalue weighted by Gasteiger charge is -2.36. The Morgan fingerprint density at radius 3 is 2.32 bits per heavy atom. The Balaban J connectivity index is 1.42. The zero-order valence-electron chi connectivity index (χ0n) is 22.6. The van der Waals surface area contributed by atoms with E-state index in [1.165, 1.54) is 4.31 Å². The van der Waals surface area contributed by atoms with Crippen LogP contribution in [0.25, 0.3) is 0 Å². The summed E-state index contributed by atoms with van der Waals surface area (Å²) in [5.74, 6) is -1.22. The number of hydrogen-bond acceptors (Lipinski definition) is 7. The second-order valence-corrected chi connectivity index (χ2v) is 12.5. The Labute approximate surface area is 236 Å². The Morgan fingerprint density at radius 2 is 1.73 bits per heavy atom. The summed E-state index contributed by atoms with van der Waals surface area (Å²) in [7, 11) is -3.29. The van der Waals surface area contributed by atoms with Crippen LogP contribution in [0.3, 0.4) is 0 Å². The fourth-order valence-corrected chi connectivity index (χ4v) is 5.81. The van der Waals surface area contributed by atoms with E-state index in [0.29, 0.717) is 43.8 Å². The smallest absolute Gasteiger partial charge is 0.380 e. The normalized spacial score (nSPS) is 16.9. The molecule has 2 aromatic rings. The van der Waals surface area contributed by atoms with Crippen LogP contribution >= 0.6 is 0 Å². The highest BCUT2D eigenvalue weighted by Gasteiger charge is 2.32. The molecule has 41 heavy (non-hydrogen) atoms. The van der Waals surface area contributed by atoms with Crippen molar-refractivity contribution in [1.82, 2.24) is 14.9 Å². The standard InChI is InChI=1S/C27H32F4N6O3S/c1-17(2)41(39,40)37-9-7-36(8-10-37)22-5-3-21(4-6-22)35-25-14-24(23(16-34-25)26(32)38)33-15-18-11-19(27(29,30)31)13-20(28)12-18/h3-6,11-14,17,33-35H,7-10,15-16H2,1-2H3,(H2,32,38). The molecule has 1 saturated heterocycles. The summed E-state index contributed by atoms with van der Waals surface area (Å²) < 4.78 is 79.4. The average molecular weight is 597 g/mol. The number of dihydropyridines is 1. The van der Waals surface area contributed by atoms with Gasteiger partial charge < -0.3 is 26.6 Å². The first kappa shape index (κ1) is 30.2. The lowest BCUT2D eigenvalue weighted by atomic mass is 10.1. The molecule has 2 aliphatic heterocycles. The Bertz CT molecular complexity index is 1450. The summed E-state index contributed by atoms with van der Waals surface area (Å²) in [6.07, 6.45) is -3.13. The molecule has 4 rings (SSSR count). The van der Waals surface area contributed by atoms with Crippen LogP contribution in [0.5, 0.6) is 0 Å². The molecule has 14 heteroatoms. The molecule has 1 fully saturated rings. The molecule has 0 aromatic heterocycles. The molecule has 0 unspecified atom stereocenters. The molecular weight excluding hydrogens is 564 g/mol. The van der Waals surface area contributed by atoms with Crippen LogP contribution in [-0.2, 0) is 27.5 Å². The van der Waals surface area contributed by atoms with Crippen molar-refractivity contribution in [2.75, 3.05) is 42.9 Å². The minimum atomic E-state index is -4.70. The molecular formula is C27H32F4N6O3S. The molecule has 2 heterocycles. The number of carbonyl (C=O) groups excluding carboxylic acids is 1. The van der Waals surface area contributed by atoms with Crippen molar-refractivity contribution in [2.45, 2.75) is 31.8 Å². The van der Waals surface area contributed by atoms with E-state index in [2.05, 4.69) is 20.9 Å². The third kappa shape index (κ3) is 7.30. The van der Waals surface area contributed by atoms with Gasteiger partial charge in [-0.25, -0.2) is 12.8 Å². The summed E-state index contributed by atoms with van der Waals surface area (Å²) in [6, 6.07) is 9.76. The van der Waals surface area contributed by atoms with Gasteiger partial charge in [-0.3, -0.25) is 4.79 Å². The Kier molecular flexibility index (Phi) is 8.83.